The van der Waals surface area contributed by atoms with E-state index in [4.69, 9.17) is 9.47 Å². The Kier molecular flexibility index (Phi) is 11.3. The van der Waals surface area contributed by atoms with E-state index in [1.165, 1.54) is 34.4 Å². The number of nitrogens with zero attached hydrogens (tertiary/aromatic N) is 8. The predicted octanol–water partition coefficient (Wildman–Crippen LogP) is -0.897. The van der Waals surface area contributed by atoms with Gasteiger partial charge in [-0.1, -0.05) is 12.2 Å². The Labute approximate surface area is 283 Å². The summed E-state index contributed by atoms with van der Waals surface area (Å²) in [5.41, 5.74) is 1.64. The first-order valence-electron chi connectivity index (χ1n) is 14.6. The van der Waals surface area contributed by atoms with Crippen LogP contribution in [0.25, 0.3) is 22.3 Å². The van der Waals surface area contributed by atoms with Gasteiger partial charge in [-0.15, -0.1) is 24.5 Å². The van der Waals surface area contributed by atoms with Crippen molar-refractivity contribution in [3.63, 3.8) is 0 Å². The first-order chi connectivity index (χ1) is 23.2. The molecule has 20 nitrogen and oxygen atoms in total. The van der Waals surface area contributed by atoms with Crippen molar-refractivity contribution in [2.75, 3.05) is 36.9 Å². The third-order valence-electron chi connectivity index (χ3n) is 7.90. The summed E-state index contributed by atoms with van der Waals surface area (Å²) in [5, 5.41) is 52.8. The lowest BCUT2D eigenvalue weighted by Crippen LogP contribution is -2.42. The van der Waals surface area contributed by atoms with Gasteiger partial charge in [-0.05, 0) is 0 Å². The Morgan fingerprint density at radius 2 is 1.15 bits per heavy atom. The standard InChI is InChI=1S/C24H34N12O8P2S2/c37-5-11-13(33-45(41)47)17(39)23(43-11)35-9-31-15-19(27-7-29-21(15)35)25-3-1-2-4-26-20-16-22(30-8-28-20)36(10-32-16)24-18(40)14(34-46(42)48)12(6-38)44-24/h1-2,7-14,17-18,23-24,37-40,45-46H,3-6H2,(H,25,27,29)(H,26,28,30)(H2,33,41,47)(H2,34,42,48)/b2-1+/t11?,12?,13-,14?,17-,18-,23-,24?/m1/s1. The van der Waals surface area contributed by atoms with E-state index in [1.54, 1.807) is 0 Å². The molecule has 6 rings (SSSR count). The lowest BCUT2D eigenvalue weighted by Gasteiger charge is -2.19. The van der Waals surface area contributed by atoms with Crippen LogP contribution < -0.4 is 20.8 Å². The zero-order valence-corrected chi connectivity index (χ0v) is 28.6. The van der Waals surface area contributed by atoms with Crippen LogP contribution in [-0.4, -0.2) is 122 Å². The largest absolute Gasteiger partial charge is 0.394 e. The first-order valence-corrected chi connectivity index (χ1v) is 20.0. The summed E-state index contributed by atoms with van der Waals surface area (Å²) < 4.78 is 38.0. The van der Waals surface area contributed by atoms with E-state index in [1.807, 2.05) is 12.2 Å². The van der Waals surface area contributed by atoms with Gasteiger partial charge in [0.2, 0.25) is 0 Å². The molecule has 260 valence electrons. The number of fused-ring (bicyclic) bond motifs is 2. The number of aliphatic hydroxyl groups excluding tert-OH is 4. The minimum atomic E-state index is -2.46. The highest BCUT2D eigenvalue weighted by molar-refractivity contribution is 8.40. The van der Waals surface area contributed by atoms with Crippen LogP contribution in [0.5, 0.6) is 0 Å². The Bertz CT molecular complexity index is 1690. The van der Waals surface area contributed by atoms with Crippen LogP contribution in [0.1, 0.15) is 12.5 Å². The quantitative estimate of drug-likeness (QED) is 0.0426. The average molecular weight is 745 g/mol. The van der Waals surface area contributed by atoms with E-state index < -0.39 is 76.5 Å². The van der Waals surface area contributed by atoms with Gasteiger partial charge < -0.3 is 40.5 Å². The predicted molar refractivity (Wildman–Crippen MR) is 181 cm³/mol. The molecular formula is C24H34N12O8P2S2. The molecule has 8 N–H and O–H groups in total. The Morgan fingerprint density at radius 3 is 1.52 bits per heavy atom. The molecule has 2 fully saturated rings. The Balaban J connectivity index is 1.07. The number of ether oxygens (including phenoxy) is 2. The maximum Gasteiger partial charge on any atom is 0.186 e. The van der Waals surface area contributed by atoms with Gasteiger partial charge in [-0.2, -0.15) is 0 Å². The van der Waals surface area contributed by atoms with E-state index in [2.05, 4.69) is 75.2 Å². The summed E-state index contributed by atoms with van der Waals surface area (Å²) in [7, 11) is -4.91. The van der Waals surface area contributed by atoms with E-state index in [9.17, 15) is 29.6 Å². The highest BCUT2D eigenvalue weighted by Crippen LogP contribution is 2.37. The van der Waals surface area contributed by atoms with Crippen LogP contribution in [0, 0.1) is 0 Å². The van der Waals surface area contributed by atoms with Crippen LogP contribution in [0.4, 0.5) is 11.6 Å². The van der Waals surface area contributed by atoms with Crippen molar-refractivity contribution in [1.82, 2.24) is 49.2 Å². The molecule has 2 aliphatic rings. The lowest BCUT2D eigenvalue weighted by molar-refractivity contribution is -0.0489. The zero-order chi connectivity index (χ0) is 33.9. The molecule has 0 spiro atoms. The number of anilines is 2. The maximum atomic E-state index is 11.6. The number of imidazole rings is 2. The van der Waals surface area contributed by atoms with Gasteiger partial charge in [-0.3, -0.25) is 28.4 Å². The van der Waals surface area contributed by atoms with Crippen LogP contribution in [-0.2, 0) is 18.6 Å². The number of aromatic nitrogens is 8. The number of rotatable bonds is 14. The third-order valence-corrected chi connectivity index (χ3v) is 9.83. The van der Waals surface area contributed by atoms with Crippen LogP contribution >= 0.6 is 38.8 Å². The average Bonchev–Trinajstić information content (AvgIpc) is 3.83. The summed E-state index contributed by atoms with van der Waals surface area (Å²) in [6.45, 7) is -0.0480. The zero-order valence-electron chi connectivity index (χ0n) is 24.8. The number of aliphatic hydroxyl groups is 4. The molecule has 0 bridgehead atoms. The molecule has 2 saturated heterocycles. The van der Waals surface area contributed by atoms with E-state index in [0.29, 0.717) is 47.1 Å². The molecule has 48 heavy (non-hydrogen) atoms. The molecule has 0 radical (unpaired) electrons. The number of nitrogens with one attached hydrogen (secondary N) is 4. The minimum Gasteiger partial charge on any atom is -0.394 e. The second kappa shape index (κ2) is 15.4. The summed E-state index contributed by atoms with van der Waals surface area (Å²) in [4.78, 5) is 25.9. The van der Waals surface area contributed by atoms with Gasteiger partial charge >= 0.3 is 0 Å². The monoisotopic (exact) mass is 744 g/mol. The summed E-state index contributed by atoms with van der Waals surface area (Å²) >= 11 is 7.76. The lowest BCUT2D eigenvalue weighted by atomic mass is 10.1. The number of hydrogen-bond acceptors (Lipinski definition) is 16. The summed E-state index contributed by atoms with van der Waals surface area (Å²) in [6, 6.07) is -1.60. The van der Waals surface area contributed by atoms with Crippen molar-refractivity contribution in [3.05, 3.63) is 37.5 Å². The van der Waals surface area contributed by atoms with E-state index in [0.717, 1.165) is 0 Å². The number of thiol groups is 2. The van der Waals surface area contributed by atoms with Crippen molar-refractivity contribution in [1.29, 1.82) is 0 Å². The molecule has 6 unspecified atom stereocenters. The van der Waals surface area contributed by atoms with Gasteiger partial charge in [0.25, 0.3) is 0 Å². The van der Waals surface area contributed by atoms with Crippen molar-refractivity contribution in [2.24, 2.45) is 0 Å². The molecule has 0 amide bonds. The van der Waals surface area contributed by atoms with Gasteiger partial charge in [0.15, 0.2) is 60.7 Å². The fourth-order valence-corrected chi connectivity index (χ4v) is 7.89. The SMILES string of the molecule is O=[PH](S)NC1C(CO)OC(n2cnc3c(NC/C=C/CNc4ncnc5c4ncn5[C@@H]4OC(CO)[C@@H](N[PH](=O)S)[C@H]4O)ncnc32)[C@@H]1O. The molecular weight excluding hydrogens is 710 g/mol. The normalized spacial score (nSPS) is 28.9. The second-order valence-corrected chi connectivity index (χ2v) is 15.0. The third kappa shape index (κ3) is 7.11. The fourth-order valence-electron chi connectivity index (χ4n) is 5.71. The van der Waals surface area contributed by atoms with Gasteiger partial charge in [0.05, 0.1) is 38.0 Å². The molecule has 2 aliphatic heterocycles. The first kappa shape index (κ1) is 35.1. The molecule has 4 aromatic rings. The smallest absolute Gasteiger partial charge is 0.186 e. The van der Waals surface area contributed by atoms with Gasteiger partial charge in [-0.25, -0.2) is 29.9 Å². The highest BCUT2D eigenvalue weighted by Gasteiger charge is 2.46. The fraction of sp³-hybridized carbons (Fsp3) is 0.500. The van der Waals surface area contributed by atoms with Crippen molar-refractivity contribution in [2.45, 2.75) is 49.0 Å². The van der Waals surface area contributed by atoms with E-state index in [-0.39, 0.29) is 0 Å². The molecule has 0 aliphatic carbocycles. The summed E-state index contributed by atoms with van der Waals surface area (Å²) in [6.07, 6.45) is 3.49. The Morgan fingerprint density at radius 1 is 0.729 bits per heavy atom. The minimum absolute atomic E-state index is 0.378. The Hall–Kier alpha value is -2.72. The highest BCUT2D eigenvalue weighted by atomic mass is 32.7. The van der Waals surface area contributed by atoms with E-state index >= 15 is 0 Å². The van der Waals surface area contributed by atoms with Crippen LogP contribution in [0.15, 0.2) is 37.5 Å². The molecule has 0 saturated carbocycles. The molecule has 6 heterocycles. The van der Waals surface area contributed by atoms with Gasteiger partial charge in [0.1, 0.15) is 37.1 Å². The van der Waals surface area contributed by atoms with Gasteiger partial charge in [0, 0.05) is 13.1 Å². The van der Waals surface area contributed by atoms with Crippen LogP contribution in [0.3, 0.4) is 0 Å². The molecule has 0 aromatic carbocycles. The second-order valence-electron chi connectivity index (χ2n) is 10.8. The molecule has 24 heteroatoms. The van der Waals surface area contributed by atoms with Crippen LogP contribution in [0.2, 0.25) is 0 Å². The maximum absolute atomic E-state index is 11.6. The van der Waals surface area contributed by atoms with Crippen molar-refractivity contribution in [3.8, 4) is 0 Å². The topological polar surface area (TPSA) is 269 Å². The molecule has 4 aromatic heterocycles. The molecule has 10 atom stereocenters. The summed E-state index contributed by atoms with van der Waals surface area (Å²) in [5.74, 6) is 0.888. The van der Waals surface area contributed by atoms with Crippen molar-refractivity contribution >= 4 is 72.8 Å². The number of hydrogen-bond donors (Lipinski definition) is 10. The van der Waals surface area contributed by atoms with Crippen molar-refractivity contribution < 1.29 is 39.0 Å².